The summed E-state index contributed by atoms with van der Waals surface area (Å²) in [6.07, 6.45) is 0. The van der Waals surface area contributed by atoms with Crippen LogP contribution in [-0.4, -0.2) is 0 Å². The molecular weight excluding hydrogens is 727 g/mol. The van der Waals surface area contributed by atoms with Gasteiger partial charge >= 0.3 is 0 Å². The number of fused-ring (bicyclic) bond motifs is 9. The van der Waals surface area contributed by atoms with E-state index >= 15 is 0 Å². The van der Waals surface area contributed by atoms with E-state index in [-0.39, 0.29) is 0 Å². The van der Waals surface area contributed by atoms with E-state index in [1.54, 1.807) is 0 Å². The zero-order chi connectivity index (χ0) is 39.6. The summed E-state index contributed by atoms with van der Waals surface area (Å²) in [5, 5.41) is 12.1. The average Bonchev–Trinajstić information content (AvgIpc) is 3.72. The van der Waals surface area contributed by atoms with Crippen molar-refractivity contribution in [3.63, 3.8) is 0 Å². The third-order valence-electron chi connectivity index (χ3n) is 12.2. The van der Waals surface area contributed by atoms with Crippen molar-refractivity contribution in [1.29, 1.82) is 0 Å². The van der Waals surface area contributed by atoms with Gasteiger partial charge in [0, 0.05) is 33.2 Å². The van der Waals surface area contributed by atoms with Crippen LogP contribution < -0.4 is 4.90 Å². The minimum Gasteiger partial charge on any atom is -0.455 e. The third-order valence-corrected chi connectivity index (χ3v) is 12.2. The summed E-state index contributed by atoms with van der Waals surface area (Å²) in [4.78, 5) is 2.37. The van der Waals surface area contributed by atoms with Crippen LogP contribution in [0.4, 0.5) is 17.1 Å². The first-order valence-electron chi connectivity index (χ1n) is 20.6. The third kappa shape index (κ3) is 5.65. The molecule has 0 spiro atoms. The molecule has 0 fully saturated rings. The van der Waals surface area contributed by atoms with Gasteiger partial charge in [-0.25, -0.2) is 0 Å². The van der Waals surface area contributed by atoms with Gasteiger partial charge in [0.15, 0.2) is 0 Å². The van der Waals surface area contributed by atoms with Gasteiger partial charge in [0.1, 0.15) is 11.2 Å². The number of benzene rings is 11. The highest BCUT2D eigenvalue weighted by molar-refractivity contribution is 6.19. The molecule has 280 valence electrons. The molecule has 2 nitrogen and oxygen atoms in total. The van der Waals surface area contributed by atoms with Gasteiger partial charge in [-0.3, -0.25) is 0 Å². The summed E-state index contributed by atoms with van der Waals surface area (Å²) >= 11 is 0. The number of hydrogen-bond acceptors (Lipinski definition) is 2. The van der Waals surface area contributed by atoms with Crippen molar-refractivity contribution in [2.45, 2.75) is 0 Å². The maximum atomic E-state index is 6.60. The molecule has 11 aromatic carbocycles. The average molecular weight is 764 g/mol. The first-order valence-corrected chi connectivity index (χ1v) is 20.6. The first-order chi connectivity index (χ1) is 29.7. The van der Waals surface area contributed by atoms with E-state index in [9.17, 15) is 0 Å². The molecule has 0 amide bonds. The Morgan fingerprint density at radius 1 is 0.283 bits per heavy atom. The summed E-state index contributed by atoms with van der Waals surface area (Å²) < 4.78 is 6.60. The van der Waals surface area contributed by atoms with Crippen molar-refractivity contribution >= 4 is 82.1 Å². The number of anilines is 3. The zero-order valence-corrected chi connectivity index (χ0v) is 32.7. The van der Waals surface area contributed by atoms with Crippen molar-refractivity contribution in [2.75, 3.05) is 4.90 Å². The molecule has 12 rings (SSSR count). The monoisotopic (exact) mass is 763 g/mol. The van der Waals surface area contributed by atoms with E-state index in [0.717, 1.165) is 55.5 Å². The smallest absolute Gasteiger partial charge is 0.143 e. The van der Waals surface area contributed by atoms with E-state index < -0.39 is 0 Å². The highest BCUT2D eigenvalue weighted by Gasteiger charge is 2.18. The molecule has 12 aromatic rings. The molecular formula is C58H37NO. The lowest BCUT2D eigenvalue weighted by atomic mass is 9.96. The molecule has 0 aliphatic rings. The Hall–Kier alpha value is -7.94. The van der Waals surface area contributed by atoms with Crippen LogP contribution >= 0.6 is 0 Å². The van der Waals surface area contributed by atoms with Crippen molar-refractivity contribution in [3.05, 3.63) is 224 Å². The predicted octanol–water partition coefficient (Wildman–Crippen LogP) is 16.7. The quantitative estimate of drug-likeness (QED) is 0.157. The minimum absolute atomic E-state index is 0.891. The lowest BCUT2D eigenvalue weighted by Crippen LogP contribution is -2.10. The van der Waals surface area contributed by atoms with Crippen LogP contribution in [0.25, 0.3) is 98.4 Å². The molecule has 0 unspecified atom stereocenters. The van der Waals surface area contributed by atoms with Gasteiger partial charge in [0.2, 0.25) is 0 Å². The zero-order valence-electron chi connectivity index (χ0n) is 32.7. The Kier molecular flexibility index (Phi) is 7.89. The number of nitrogens with zero attached hydrogens (tertiary/aromatic N) is 1. The highest BCUT2D eigenvalue weighted by Crippen LogP contribution is 2.43. The van der Waals surface area contributed by atoms with Crippen molar-refractivity contribution in [1.82, 2.24) is 0 Å². The Balaban J connectivity index is 0.978. The second-order valence-corrected chi connectivity index (χ2v) is 15.7. The number of rotatable bonds is 6. The maximum Gasteiger partial charge on any atom is 0.143 e. The standard InChI is InChI=1S/C58H37NO/c1-4-16-49-39(10-1)13-8-19-51(49)42-26-32-47(33-27-42)59(46-30-24-38(25-31-46)43-29-34-52-45(36-43)23-22-40-11-2-5-17-50(40)52)48-15-7-14-44(37-48)53-20-9-21-56-57(53)55-35-28-41-12-3-6-18-54(41)58(55)60-56/h1-37H. The SMILES string of the molecule is c1cc(-c2cccc3oc4c5ccccc5ccc4c23)cc(N(c2ccc(-c3ccc4c(ccc5ccccc54)c3)cc2)c2ccc(-c3cccc4ccccc34)cc2)c1. The van der Waals surface area contributed by atoms with Crippen molar-refractivity contribution in [3.8, 4) is 33.4 Å². The lowest BCUT2D eigenvalue weighted by Gasteiger charge is -2.26. The van der Waals surface area contributed by atoms with E-state index in [1.165, 1.54) is 60.0 Å². The van der Waals surface area contributed by atoms with Crippen LogP contribution in [-0.2, 0) is 0 Å². The summed E-state index contributed by atoms with van der Waals surface area (Å²) in [7, 11) is 0. The van der Waals surface area contributed by atoms with Crippen LogP contribution in [0, 0.1) is 0 Å². The molecule has 0 saturated heterocycles. The number of furan rings is 1. The van der Waals surface area contributed by atoms with E-state index in [1.807, 2.05) is 0 Å². The largest absolute Gasteiger partial charge is 0.455 e. The van der Waals surface area contributed by atoms with Gasteiger partial charge in [-0.05, 0) is 126 Å². The van der Waals surface area contributed by atoms with Gasteiger partial charge in [-0.2, -0.15) is 0 Å². The highest BCUT2D eigenvalue weighted by atomic mass is 16.3. The van der Waals surface area contributed by atoms with Crippen LogP contribution in [0.2, 0.25) is 0 Å². The molecule has 0 bridgehead atoms. The fraction of sp³-hybridized carbons (Fsp3) is 0. The van der Waals surface area contributed by atoms with Gasteiger partial charge in [-0.15, -0.1) is 0 Å². The molecule has 0 saturated carbocycles. The summed E-state index contributed by atoms with van der Waals surface area (Å²) in [6.45, 7) is 0. The summed E-state index contributed by atoms with van der Waals surface area (Å²) in [5.41, 5.74) is 12.1. The number of hydrogen-bond donors (Lipinski definition) is 0. The first kappa shape index (κ1) is 34.1. The molecule has 1 heterocycles. The topological polar surface area (TPSA) is 16.4 Å². The fourth-order valence-corrected chi connectivity index (χ4v) is 9.32. The van der Waals surface area contributed by atoms with Crippen molar-refractivity contribution in [2.24, 2.45) is 0 Å². The lowest BCUT2D eigenvalue weighted by molar-refractivity contribution is 0.673. The maximum absolute atomic E-state index is 6.60. The van der Waals surface area contributed by atoms with Crippen LogP contribution in [0.1, 0.15) is 0 Å². The Morgan fingerprint density at radius 2 is 0.833 bits per heavy atom. The molecule has 0 aliphatic carbocycles. The Bertz CT molecular complexity index is 3590. The minimum atomic E-state index is 0.891. The van der Waals surface area contributed by atoms with Crippen molar-refractivity contribution < 1.29 is 4.42 Å². The van der Waals surface area contributed by atoms with Gasteiger partial charge in [-0.1, -0.05) is 170 Å². The normalized spacial score (nSPS) is 11.7. The van der Waals surface area contributed by atoms with Crippen LogP contribution in [0.5, 0.6) is 0 Å². The van der Waals surface area contributed by atoms with Crippen LogP contribution in [0.3, 0.4) is 0 Å². The summed E-state index contributed by atoms with van der Waals surface area (Å²) in [6, 6.07) is 81.3. The molecule has 2 heteroatoms. The second-order valence-electron chi connectivity index (χ2n) is 15.7. The fourth-order valence-electron chi connectivity index (χ4n) is 9.32. The van der Waals surface area contributed by atoms with E-state index in [2.05, 4.69) is 229 Å². The predicted molar refractivity (Wildman–Crippen MR) is 255 cm³/mol. The molecule has 0 aliphatic heterocycles. The van der Waals surface area contributed by atoms with Gasteiger partial charge < -0.3 is 9.32 Å². The molecule has 1 aromatic heterocycles. The van der Waals surface area contributed by atoms with Crippen LogP contribution in [0.15, 0.2) is 229 Å². The van der Waals surface area contributed by atoms with Gasteiger partial charge in [0.25, 0.3) is 0 Å². The van der Waals surface area contributed by atoms with E-state index in [0.29, 0.717) is 0 Å². The van der Waals surface area contributed by atoms with Gasteiger partial charge in [0.05, 0.1) is 0 Å². The molecule has 60 heavy (non-hydrogen) atoms. The molecule has 0 radical (unpaired) electrons. The summed E-state index contributed by atoms with van der Waals surface area (Å²) in [5.74, 6) is 0. The Morgan fingerprint density at radius 3 is 1.63 bits per heavy atom. The second kappa shape index (κ2) is 13.9. The molecule has 0 N–H and O–H groups in total. The Labute approximate surface area is 347 Å². The van der Waals surface area contributed by atoms with E-state index in [4.69, 9.17) is 4.42 Å². The molecule has 0 atom stereocenters.